The standard InChI is InChI=1S/C12H13FN4O2/c1-8(2)5-9-7-16(15-14-9)10-3-4-11(13)12(6-10)17(18)19/h3-4,6-8H,5H2,1-2H3. The number of halogens is 1. The molecule has 0 saturated carbocycles. The van der Waals surface area contributed by atoms with Crippen LogP contribution in [-0.2, 0) is 6.42 Å². The van der Waals surface area contributed by atoms with Crippen LogP contribution in [0.25, 0.3) is 5.69 Å². The predicted molar refractivity (Wildman–Crippen MR) is 66.5 cm³/mol. The van der Waals surface area contributed by atoms with Gasteiger partial charge in [0.25, 0.3) is 0 Å². The van der Waals surface area contributed by atoms with Crippen LogP contribution < -0.4 is 0 Å². The summed E-state index contributed by atoms with van der Waals surface area (Å²) >= 11 is 0. The molecule has 2 aromatic rings. The second-order valence-corrected chi connectivity index (χ2v) is 4.65. The third kappa shape index (κ3) is 2.93. The van der Waals surface area contributed by atoms with Gasteiger partial charge in [-0.25, -0.2) is 4.68 Å². The van der Waals surface area contributed by atoms with Crippen molar-refractivity contribution in [1.82, 2.24) is 15.0 Å². The molecule has 7 heteroatoms. The monoisotopic (exact) mass is 264 g/mol. The van der Waals surface area contributed by atoms with E-state index < -0.39 is 16.4 Å². The van der Waals surface area contributed by atoms with Gasteiger partial charge in [-0.1, -0.05) is 19.1 Å². The lowest BCUT2D eigenvalue weighted by atomic mass is 10.1. The van der Waals surface area contributed by atoms with Crippen molar-refractivity contribution >= 4 is 5.69 Å². The highest BCUT2D eigenvalue weighted by Crippen LogP contribution is 2.20. The fourth-order valence-electron chi connectivity index (χ4n) is 1.72. The van der Waals surface area contributed by atoms with Gasteiger partial charge in [-0.3, -0.25) is 10.1 Å². The normalized spacial score (nSPS) is 10.9. The number of nitro groups is 1. The van der Waals surface area contributed by atoms with Crippen LogP contribution in [-0.4, -0.2) is 19.9 Å². The smallest absolute Gasteiger partial charge is 0.258 e. The molecule has 1 aromatic heterocycles. The van der Waals surface area contributed by atoms with Crippen molar-refractivity contribution in [1.29, 1.82) is 0 Å². The topological polar surface area (TPSA) is 73.8 Å². The first-order valence-corrected chi connectivity index (χ1v) is 5.83. The summed E-state index contributed by atoms with van der Waals surface area (Å²) in [6, 6.07) is 3.62. The number of aromatic nitrogens is 3. The molecule has 0 N–H and O–H groups in total. The van der Waals surface area contributed by atoms with Crippen molar-refractivity contribution in [2.75, 3.05) is 0 Å². The zero-order valence-corrected chi connectivity index (χ0v) is 10.6. The Morgan fingerprint density at radius 2 is 2.21 bits per heavy atom. The zero-order chi connectivity index (χ0) is 14.0. The Morgan fingerprint density at radius 3 is 2.84 bits per heavy atom. The van der Waals surface area contributed by atoms with Crippen LogP contribution in [0.2, 0.25) is 0 Å². The van der Waals surface area contributed by atoms with E-state index in [2.05, 4.69) is 24.2 Å². The summed E-state index contributed by atoms with van der Waals surface area (Å²) in [7, 11) is 0. The van der Waals surface area contributed by atoms with Crippen LogP contribution in [0.4, 0.5) is 10.1 Å². The molecular formula is C12H13FN4O2. The van der Waals surface area contributed by atoms with Crippen LogP contribution in [0.5, 0.6) is 0 Å². The minimum atomic E-state index is -0.865. The highest BCUT2D eigenvalue weighted by molar-refractivity contribution is 5.43. The maximum absolute atomic E-state index is 13.2. The summed E-state index contributed by atoms with van der Waals surface area (Å²) in [5.74, 6) is -0.427. The lowest BCUT2D eigenvalue weighted by molar-refractivity contribution is -0.387. The van der Waals surface area contributed by atoms with E-state index in [4.69, 9.17) is 0 Å². The van der Waals surface area contributed by atoms with Crippen molar-refractivity contribution in [2.24, 2.45) is 5.92 Å². The molecule has 0 fully saturated rings. The largest absolute Gasteiger partial charge is 0.306 e. The van der Waals surface area contributed by atoms with Gasteiger partial charge in [-0.15, -0.1) is 5.10 Å². The molecule has 1 aromatic carbocycles. The molecule has 0 spiro atoms. The Labute approximate surface area is 109 Å². The number of nitro benzene ring substituents is 1. The molecule has 0 saturated heterocycles. The van der Waals surface area contributed by atoms with Crippen molar-refractivity contribution in [2.45, 2.75) is 20.3 Å². The molecule has 0 aliphatic rings. The molecule has 0 radical (unpaired) electrons. The Bertz CT molecular complexity index is 610. The summed E-state index contributed by atoms with van der Waals surface area (Å²) in [6.07, 6.45) is 2.46. The summed E-state index contributed by atoms with van der Waals surface area (Å²) in [6.45, 7) is 4.11. The number of nitrogens with zero attached hydrogens (tertiary/aromatic N) is 4. The van der Waals surface area contributed by atoms with E-state index in [1.54, 1.807) is 6.20 Å². The van der Waals surface area contributed by atoms with Gasteiger partial charge >= 0.3 is 5.69 Å². The van der Waals surface area contributed by atoms with Crippen LogP contribution in [0.15, 0.2) is 24.4 Å². The fourth-order valence-corrected chi connectivity index (χ4v) is 1.72. The summed E-state index contributed by atoms with van der Waals surface area (Å²) in [5.41, 5.74) is 0.635. The Balaban J connectivity index is 2.34. The van der Waals surface area contributed by atoms with E-state index >= 15 is 0 Å². The number of rotatable bonds is 4. The van der Waals surface area contributed by atoms with E-state index in [-0.39, 0.29) is 0 Å². The molecule has 0 aliphatic heterocycles. The first-order chi connectivity index (χ1) is 8.97. The first-order valence-electron chi connectivity index (χ1n) is 5.83. The molecule has 0 unspecified atom stereocenters. The third-order valence-corrected chi connectivity index (χ3v) is 2.55. The minimum Gasteiger partial charge on any atom is -0.258 e. The zero-order valence-electron chi connectivity index (χ0n) is 10.6. The summed E-state index contributed by atoms with van der Waals surface area (Å²) in [5, 5.41) is 18.5. The highest BCUT2D eigenvalue weighted by Gasteiger charge is 2.15. The van der Waals surface area contributed by atoms with Crippen molar-refractivity contribution in [3.05, 3.63) is 46.0 Å². The lowest BCUT2D eigenvalue weighted by Gasteiger charge is -2.01. The maximum atomic E-state index is 13.2. The third-order valence-electron chi connectivity index (χ3n) is 2.55. The van der Waals surface area contributed by atoms with E-state index in [1.165, 1.54) is 10.7 Å². The summed E-state index contributed by atoms with van der Waals surface area (Å²) in [4.78, 5) is 9.92. The van der Waals surface area contributed by atoms with E-state index in [0.29, 0.717) is 11.6 Å². The maximum Gasteiger partial charge on any atom is 0.306 e. The van der Waals surface area contributed by atoms with E-state index in [1.807, 2.05) is 0 Å². The predicted octanol–water partition coefficient (Wildman–Crippen LogP) is 2.51. The van der Waals surface area contributed by atoms with Crippen LogP contribution >= 0.6 is 0 Å². The van der Waals surface area contributed by atoms with Gasteiger partial charge in [0.15, 0.2) is 0 Å². The van der Waals surface area contributed by atoms with Crippen molar-refractivity contribution in [3.63, 3.8) is 0 Å². The molecule has 0 aliphatic carbocycles. The van der Waals surface area contributed by atoms with Crippen molar-refractivity contribution in [3.8, 4) is 5.69 Å². The Morgan fingerprint density at radius 1 is 1.47 bits per heavy atom. The van der Waals surface area contributed by atoms with E-state index in [0.717, 1.165) is 24.2 Å². The molecule has 0 bridgehead atoms. The average Bonchev–Trinajstić information content (AvgIpc) is 2.76. The molecule has 19 heavy (non-hydrogen) atoms. The van der Waals surface area contributed by atoms with Gasteiger partial charge in [-0.2, -0.15) is 4.39 Å². The number of hydrogen-bond acceptors (Lipinski definition) is 4. The van der Waals surface area contributed by atoms with Gasteiger partial charge < -0.3 is 0 Å². The first kappa shape index (κ1) is 13.1. The van der Waals surface area contributed by atoms with Crippen LogP contribution in [0.3, 0.4) is 0 Å². The molecule has 2 rings (SSSR count). The fraction of sp³-hybridized carbons (Fsp3) is 0.333. The summed E-state index contributed by atoms with van der Waals surface area (Å²) < 4.78 is 14.6. The second-order valence-electron chi connectivity index (χ2n) is 4.65. The lowest BCUT2D eigenvalue weighted by Crippen LogP contribution is -1.99. The van der Waals surface area contributed by atoms with Gasteiger partial charge in [0.1, 0.15) is 0 Å². The van der Waals surface area contributed by atoms with Gasteiger partial charge in [0.05, 0.1) is 22.5 Å². The van der Waals surface area contributed by atoms with Gasteiger partial charge in [0.2, 0.25) is 5.82 Å². The van der Waals surface area contributed by atoms with Crippen molar-refractivity contribution < 1.29 is 9.31 Å². The van der Waals surface area contributed by atoms with Crippen LogP contribution in [0, 0.1) is 21.8 Å². The molecule has 1 heterocycles. The molecule has 0 amide bonds. The van der Waals surface area contributed by atoms with Crippen LogP contribution in [0.1, 0.15) is 19.5 Å². The van der Waals surface area contributed by atoms with Gasteiger partial charge in [-0.05, 0) is 24.5 Å². The highest BCUT2D eigenvalue weighted by atomic mass is 19.1. The minimum absolute atomic E-state index is 0.413. The molecule has 0 atom stereocenters. The number of hydrogen-bond donors (Lipinski definition) is 0. The Hall–Kier alpha value is -2.31. The number of benzene rings is 1. The van der Waals surface area contributed by atoms with E-state index in [9.17, 15) is 14.5 Å². The quantitative estimate of drug-likeness (QED) is 0.628. The molecular weight excluding hydrogens is 251 g/mol. The molecule has 6 nitrogen and oxygen atoms in total. The second kappa shape index (κ2) is 5.13. The SMILES string of the molecule is CC(C)Cc1cn(-c2ccc(F)c([N+](=O)[O-])c2)nn1. The average molecular weight is 264 g/mol. The Kier molecular flexibility index (Phi) is 3.55. The van der Waals surface area contributed by atoms with Gasteiger partial charge in [0, 0.05) is 6.07 Å². The molecule has 100 valence electrons.